The van der Waals surface area contributed by atoms with Gasteiger partial charge in [-0.25, -0.2) is 9.50 Å². The maximum Gasteiger partial charge on any atom is 0.234 e. The molecule has 0 radical (unpaired) electrons. The molecule has 160 valence electrons. The molecule has 0 aromatic carbocycles. The van der Waals surface area contributed by atoms with Crippen LogP contribution in [0.2, 0.25) is 0 Å². The highest BCUT2D eigenvalue weighted by molar-refractivity contribution is 5.78. The Hall–Kier alpha value is -2.74. The lowest BCUT2D eigenvalue weighted by atomic mass is 9.91. The van der Waals surface area contributed by atoms with Crippen LogP contribution >= 0.6 is 0 Å². The molecule has 2 unspecified atom stereocenters. The number of fused-ring (bicyclic) bond motifs is 1. The van der Waals surface area contributed by atoms with Gasteiger partial charge in [0.05, 0.1) is 29.2 Å². The Morgan fingerprint density at radius 3 is 2.90 bits per heavy atom. The largest absolute Gasteiger partial charge is 0.356 e. The van der Waals surface area contributed by atoms with Crippen molar-refractivity contribution in [2.45, 2.75) is 58.9 Å². The minimum absolute atomic E-state index is 0.0888. The van der Waals surface area contributed by atoms with E-state index in [-0.39, 0.29) is 17.9 Å². The molecule has 1 aliphatic heterocycles. The summed E-state index contributed by atoms with van der Waals surface area (Å²) in [5.74, 6) is 1.02. The Kier molecular flexibility index (Phi) is 5.85. The van der Waals surface area contributed by atoms with Crippen LogP contribution in [0.1, 0.15) is 56.1 Å². The van der Waals surface area contributed by atoms with Gasteiger partial charge in [0, 0.05) is 36.8 Å². The van der Waals surface area contributed by atoms with E-state index in [0.29, 0.717) is 12.3 Å². The van der Waals surface area contributed by atoms with E-state index in [1.165, 1.54) is 0 Å². The van der Waals surface area contributed by atoms with Crippen molar-refractivity contribution in [3.05, 3.63) is 35.4 Å². The van der Waals surface area contributed by atoms with Gasteiger partial charge in [0.25, 0.3) is 0 Å². The molecule has 0 saturated carbocycles. The molecule has 1 aliphatic rings. The van der Waals surface area contributed by atoms with Gasteiger partial charge in [0.2, 0.25) is 5.91 Å². The third-order valence-corrected chi connectivity index (χ3v) is 5.82. The van der Waals surface area contributed by atoms with Crippen LogP contribution in [0.15, 0.2) is 22.9 Å². The van der Waals surface area contributed by atoms with Crippen LogP contribution in [0.4, 0.5) is 0 Å². The van der Waals surface area contributed by atoms with Gasteiger partial charge in [-0.2, -0.15) is 5.10 Å². The molecule has 4 rings (SSSR count). The number of piperidine rings is 1. The zero-order chi connectivity index (χ0) is 21.3. The first-order valence-corrected chi connectivity index (χ1v) is 10.7. The van der Waals surface area contributed by atoms with Gasteiger partial charge in [-0.3, -0.25) is 9.69 Å². The lowest BCUT2D eigenvalue weighted by molar-refractivity contribution is -0.123. The van der Waals surface area contributed by atoms with Gasteiger partial charge in [-0.05, 0) is 46.6 Å². The second kappa shape index (κ2) is 8.55. The molecule has 2 atom stereocenters. The molecule has 0 spiro atoms. The molecule has 3 aromatic heterocycles. The summed E-state index contributed by atoms with van der Waals surface area (Å²) in [6.45, 7) is 10.1. The summed E-state index contributed by atoms with van der Waals surface area (Å²) < 4.78 is 7.52. The van der Waals surface area contributed by atoms with Crippen LogP contribution in [0.25, 0.3) is 17.0 Å². The van der Waals surface area contributed by atoms with E-state index < -0.39 is 0 Å². The van der Waals surface area contributed by atoms with E-state index in [4.69, 9.17) is 9.62 Å². The Morgan fingerprint density at radius 1 is 1.33 bits per heavy atom. The molecule has 8 heteroatoms. The van der Waals surface area contributed by atoms with Crippen molar-refractivity contribution >= 4 is 11.6 Å². The Balaban J connectivity index is 1.65. The number of rotatable bonds is 6. The number of aryl methyl sites for hydroxylation is 2. The smallest absolute Gasteiger partial charge is 0.234 e. The number of hydrogen-bond acceptors (Lipinski definition) is 6. The highest BCUT2D eigenvalue weighted by Crippen LogP contribution is 2.34. The first-order valence-electron chi connectivity index (χ1n) is 10.7. The predicted molar refractivity (Wildman–Crippen MR) is 114 cm³/mol. The normalized spacial score (nSPS) is 18.6. The number of hydrogen-bond donors (Lipinski definition) is 1. The zero-order valence-electron chi connectivity index (χ0n) is 18.2. The number of likely N-dealkylation sites (tertiary alicyclic amines) is 1. The van der Waals surface area contributed by atoms with Crippen molar-refractivity contribution in [1.29, 1.82) is 0 Å². The summed E-state index contributed by atoms with van der Waals surface area (Å²) in [5.41, 5.74) is 4.59. The fourth-order valence-electron chi connectivity index (χ4n) is 4.19. The van der Waals surface area contributed by atoms with E-state index in [1.54, 1.807) is 0 Å². The molecule has 1 N–H and O–H groups in total. The lowest BCUT2D eigenvalue weighted by Crippen LogP contribution is -2.44. The van der Waals surface area contributed by atoms with Crippen LogP contribution in [0.5, 0.6) is 0 Å². The monoisotopic (exact) mass is 410 g/mol. The molecule has 3 aromatic rings. The fourth-order valence-corrected chi connectivity index (χ4v) is 4.19. The number of amides is 1. The average Bonchev–Trinajstić information content (AvgIpc) is 3.31. The Morgan fingerprint density at radius 2 is 2.17 bits per heavy atom. The zero-order valence-corrected chi connectivity index (χ0v) is 18.2. The first kappa shape index (κ1) is 20.5. The van der Waals surface area contributed by atoms with Crippen molar-refractivity contribution in [2.24, 2.45) is 0 Å². The minimum Gasteiger partial charge on any atom is -0.356 e. The maximum atomic E-state index is 12.4. The standard InChI is InChI=1S/C22H30N6O2/c1-5-14(2)24-21(29)13-27-8-6-7-17(12-27)22-18(19-9-16(4)26-30-19)11-23-20-10-15(3)25-28(20)22/h9-11,14,17H,5-8,12-13H2,1-4H3,(H,24,29). The molecule has 30 heavy (non-hydrogen) atoms. The molecule has 4 heterocycles. The van der Waals surface area contributed by atoms with Crippen molar-refractivity contribution in [2.75, 3.05) is 19.6 Å². The van der Waals surface area contributed by atoms with Crippen molar-refractivity contribution < 1.29 is 9.32 Å². The van der Waals surface area contributed by atoms with Crippen LogP contribution in [-0.4, -0.2) is 56.2 Å². The van der Waals surface area contributed by atoms with Crippen molar-refractivity contribution in [3.8, 4) is 11.3 Å². The van der Waals surface area contributed by atoms with E-state index in [1.807, 2.05) is 43.6 Å². The number of carbonyl (C=O) groups is 1. The van der Waals surface area contributed by atoms with Crippen LogP contribution in [0.3, 0.4) is 0 Å². The number of nitrogens with one attached hydrogen (secondary N) is 1. The van der Waals surface area contributed by atoms with E-state index in [9.17, 15) is 4.79 Å². The number of carbonyl (C=O) groups excluding carboxylic acids is 1. The van der Waals surface area contributed by atoms with Gasteiger partial charge in [0.15, 0.2) is 11.4 Å². The SMILES string of the molecule is CCC(C)NC(=O)CN1CCCC(c2c(-c3cc(C)no3)cnc3cc(C)nn23)C1. The average molecular weight is 411 g/mol. The summed E-state index contributed by atoms with van der Waals surface area (Å²) in [6.07, 6.45) is 4.85. The van der Waals surface area contributed by atoms with E-state index >= 15 is 0 Å². The molecule has 0 bridgehead atoms. The van der Waals surface area contributed by atoms with E-state index in [0.717, 1.165) is 60.6 Å². The molecule has 8 nitrogen and oxygen atoms in total. The minimum atomic E-state index is 0.0888. The second-order valence-corrected chi connectivity index (χ2v) is 8.40. The molecule has 1 amide bonds. The second-order valence-electron chi connectivity index (χ2n) is 8.40. The van der Waals surface area contributed by atoms with Gasteiger partial charge >= 0.3 is 0 Å². The van der Waals surface area contributed by atoms with Gasteiger partial charge in [0.1, 0.15) is 0 Å². The van der Waals surface area contributed by atoms with Crippen LogP contribution in [-0.2, 0) is 4.79 Å². The van der Waals surface area contributed by atoms with Crippen LogP contribution in [0, 0.1) is 13.8 Å². The Labute approximate surface area is 176 Å². The summed E-state index contributed by atoms with van der Waals surface area (Å²) in [7, 11) is 0. The summed E-state index contributed by atoms with van der Waals surface area (Å²) in [5, 5.41) is 11.8. The molecular formula is C22H30N6O2. The van der Waals surface area contributed by atoms with Gasteiger partial charge in [-0.15, -0.1) is 0 Å². The topological polar surface area (TPSA) is 88.6 Å². The number of aromatic nitrogens is 4. The highest BCUT2D eigenvalue weighted by Gasteiger charge is 2.29. The first-order chi connectivity index (χ1) is 14.4. The quantitative estimate of drug-likeness (QED) is 0.672. The summed E-state index contributed by atoms with van der Waals surface area (Å²) in [4.78, 5) is 19.3. The molecule has 0 aliphatic carbocycles. The van der Waals surface area contributed by atoms with Gasteiger partial charge in [-0.1, -0.05) is 12.1 Å². The van der Waals surface area contributed by atoms with Gasteiger partial charge < -0.3 is 9.84 Å². The fraction of sp³-hybridized carbons (Fsp3) is 0.545. The third-order valence-electron chi connectivity index (χ3n) is 5.82. The lowest BCUT2D eigenvalue weighted by Gasteiger charge is -2.33. The molecular weight excluding hydrogens is 380 g/mol. The summed E-state index contributed by atoms with van der Waals surface area (Å²) >= 11 is 0. The van der Waals surface area contributed by atoms with Crippen LogP contribution < -0.4 is 5.32 Å². The predicted octanol–water partition coefficient (Wildman–Crippen LogP) is 3.10. The third kappa shape index (κ3) is 4.23. The Bertz CT molecular complexity index is 1040. The van der Waals surface area contributed by atoms with Crippen molar-refractivity contribution in [1.82, 2.24) is 30.0 Å². The van der Waals surface area contributed by atoms with E-state index in [2.05, 4.69) is 27.3 Å². The highest BCUT2D eigenvalue weighted by atomic mass is 16.5. The maximum absolute atomic E-state index is 12.4. The molecule has 1 saturated heterocycles. The van der Waals surface area contributed by atoms with Crippen molar-refractivity contribution in [3.63, 3.8) is 0 Å². The molecule has 1 fully saturated rings. The summed E-state index contributed by atoms with van der Waals surface area (Å²) in [6, 6.07) is 4.12. The number of nitrogens with zero attached hydrogens (tertiary/aromatic N) is 5.